The molecule has 1 aliphatic rings. The summed E-state index contributed by atoms with van der Waals surface area (Å²) >= 11 is 0. The van der Waals surface area contributed by atoms with E-state index < -0.39 is 0 Å². The van der Waals surface area contributed by atoms with Crippen LogP contribution in [0.1, 0.15) is 18.1 Å². The molecule has 0 bridgehead atoms. The van der Waals surface area contributed by atoms with E-state index >= 15 is 0 Å². The maximum absolute atomic E-state index is 4.57. The van der Waals surface area contributed by atoms with Gasteiger partial charge in [-0.05, 0) is 25.0 Å². The normalized spacial score (nSPS) is 16.4. The number of rotatable bonds is 3. The second-order valence-corrected chi connectivity index (χ2v) is 5.11. The van der Waals surface area contributed by atoms with E-state index in [9.17, 15) is 0 Å². The average Bonchev–Trinajstić information content (AvgIpc) is 3.00. The quantitative estimate of drug-likeness (QED) is 0.778. The third kappa shape index (κ3) is 2.09. The van der Waals surface area contributed by atoms with Crippen molar-refractivity contribution in [3.63, 3.8) is 0 Å². The Morgan fingerprint density at radius 2 is 2.16 bits per heavy atom. The van der Waals surface area contributed by atoms with E-state index in [4.69, 9.17) is 0 Å². The molecule has 5 heteroatoms. The molecule has 1 saturated heterocycles. The molecule has 19 heavy (non-hydrogen) atoms. The van der Waals surface area contributed by atoms with Crippen LogP contribution in [-0.2, 0) is 13.5 Å². The summed E-state index contributed by atoms with van der Waals surface area (Å²) < 4.78 is 2.10. The smallest absolute Gasteiger partial charge is 0.132 e. The SMILES string of the molecule is CCc1c(NC2NCCN2)cc(C)c2c1ncn2C. The molecule has 0 atom stereocenters. The average molecular weight is 259 g/mol. The number of aromatic nitrogens is 2. The van der Waals surface area contributed by atoms with Crippen molar-refractivity contribution < 1.29 is 0 Å². The lowest BCUT2D eigenvalue weighted by Crippen LogP contribution is -2.39. The fourth-order valence-corrected chi connectivity index (χ4v) is 2.86. The summed E-state index contributed by atoms with van der Waals surface area (Å²) in [5.74, 6) is 0. The number of nitrogens with zero attached hydrogens (tertiary/aromatic N) is 2. The van der Waals surface area contributed by atoms with E-state index in [2.05, 4.69) is 52.5 Å². The van der Waals surface area contributed by atoms with Crippen molar-refractivity contribution in [2.75, 3.05) is 18.4 Å². The Morgan fingerprint density at radius 1 is 1.42 bits per heavy atom. The monoisotopic (exact) mass is 259 g/mol. The predicted molar refractivity (Wildman–Crippen MR) is 78.2 cm³/mol. The largest absolute Gasteiger partial charge is 0.357 e. The molecule has 1 aromatic carbocycles. The zero-order chi connectivity index (χ0) is 13.4. The maximum Gasteiger partial charge on any atom is 0.132 e. The van der Waals surface area contributed by atoms with E-state index in [1.807, 2.05) is 6.33 Å². The Hall–Kier alpha value is -1.59. The summed E-state index contributed by atoms with van der Waals surface area (Å²) in [6, 6.07) is 2.23. The van der Waals surface area contributed by atoms with Gasteiger partial charge in [-0.1, -0.05) is 6.92 Å². The Bertz CT molecular complexity index is 595. The second kappa shape index (κ2) is 4.83. The highest BCUT2D eigenvalue weighted by molar-refractivity contribution is 5.87. The number of imidazole rings is 1. The third-order valence-corrected chi connectivity index (χ3v) is 3.76. The van der Waals surface area contributed by atoms with Gasteiger partial charge in [-0.15, -0.1) is 0 Å². The highest BCUT2D eigenvalue weighted by atomic mass is 15.3. The number of hydrogen-bond acceptors (Lipinski definition) is 4. The van der Waals surface area contributed by atoms with Crippen LogP contribution in [0.5, 0.6) is 0 Å². The van der Waals surface area contributed by atoms with Gasteiger partial charge >= 0.3 is 0 Å². The third-order valence-electron chi connectivity index (χ3n) is 3.76. The molecule has 0 aliphatic carbocycles. The molecule has 3 N–H and O–H groups in total. The fourth-order valence-electron chi connectivity index (χ4n) is 2.86. The van der Waals surface area contributed by atoms with Crippen molar-refractivity contribution in [1.29, 1.82) is 0 Å². The summed E-state index contributed by atoms with van der Waals surface area (Å²) in [5.41, 5.74) is 6.07. The molecule has 2 aromatic rings. The topological polar surface area (TPSA) is 53.9 Å². The first-order valence-corrected chi connectivity index (χ1v) is 6.87. The molecule has 0 radical (unpaired) electrons. The van der Waals surface area contributed by atoms with Crippen LogP contribution in [0.3, 0.4) is 0 Å². The summed E-state index contributed by atoms with van der Waals surface area (Å²) in [6.07, 6.45) is 3.03. The second-order valence-electron chi connectivity index (χ2n) is 5.11. The minimum atomic E-state index is 0.158. The van der Waals surface area contributed by atoms with Crippen LogP contribution in [0, 0.1) is 6.92 Å². The summed E-state index contributed by atoms with van der Waals surface area (Å²) in [7, 11) is 2.05. The van der Waals surface area contributed by atoms with Gasteiger partial charge in [-0.25, -0.2) is 4.98 Å². The van der Waals surface area contributed by atoms with E-state index in [0.29, 0.717) is 0 Å². The summed E-state index contributed by atoms with van der Waals surface area (Å²) in [6.45, 7) is 6.33. The molecular formula is C14H21N5. The minimum absolute atomic E-state index is 0.158. The van der Waals surface area contributed by atoms with Gasteiger partial charge < -0.3 is 9.88 Å². The van der Waals surface area contributed by atoms with Gasteiger partial charge in [0.1, 0.15) is 6.29 Å². The molecule has 2 heterocycles. The number of nitrogens with one attached hydrogen (secondary N) is 3. The van der Waals surface area contributed by atoms with Crippen molar-refractivity contribution in [3.8, 4) is 0 Å². The zero-order valence-electron chi connectivity index (χ0n) is 11.7. The van der Waals surface area contributed by atoms with Crippen LogP contribution in [0.4, 0.5) is 5.69 Å². The maximum atomic E-state index is 4.57. The Balaban J connectivity index is 2.07. The van der Waals surface area contributed by atoms with Crippen molar-refractivity contribution >= 4 is 16.7 Å². The molecule has 1 aliphatic heterocycles. The van der Waals surface area contributed by atoms with Gasteiger partial charge in [0.15, 0.2) is 0 Å². The molecule has 0 spiro atoms. The first-order chi connectivity index (χ1) is 9.20. The molecule has 3 rings (SSSR count). The Kier molecular flexibility index (Phi) is 3.16. The van der Waals surface area contributed by atoms with Crippen molar-refractivity contribution in [1.82, 2.24) is 20.2 Å². The molecule has 0 unspecified atom stereocenters. The summed E-state index contributed by atoms with van der Waals surface area (Å²) in [4.78, 5) is 4.57. The van der Waals surface area contributed by atoms with E-state index in [1.54, 1.807) is 0 Å². The summed E-state index contributed by atoms with van der Waals surface area (Å²) in [5, 5.41) is 10.3. The zero-order valence-corrected chi connectivity index (χ0v) is 11.7. The first kappa shape index (κ1) is 12.4. The van der Waals surface area contributed by atoms with Gasteiger partial charge in [0.2, 0.25) is 0 Å². The van der Waals surface area contributed by atoms with Crippen LogP contribution < -0.4 is 16.0 Å². The molecule has 1 aromatic heterocycles. The van der Waals surface area contributed by atoms with Crippen LogP contribution in [0.15, 0.2) is 12.4 Å². The van der Waals surface area contributed by atoms with Crippen molar-refractivity contribution in [2.45, 2.75) is 26.6 Å². The van der Waals surface area contributed by atoms with Crippen LogP contribution in [-0.4, -0.2) is 28.9 Å². The van der Waals surface area contributed by atoms with Crippen LogP contribution in [0.25, 0.3) is 11.0 Å². The van der Waals surface area contributed by atoms with Gasteiger partial charge in [-0.3, -0.25) is 10.6 Å². The Labute approximate surface area is 113 Å². The standard InChI is InChI=1S/C14H21N5/c1-4-10-11(18-14-15-5-6-16-14)7-9(2)13-12(10)17-8-19(13)3/h7-8,14-16,18H,4-6H2,1-3H3. The fraction of sp³-hybridized carbons (Fsp3) is 0.500. The number of aryl methyl sites for hydroxylation is 3. The van der Waals surface area contributed by atoms with E-state index in [-0.39, 0.29) is 6.29 Å². The van der Waals surface area contributed by atoms with E-state index in [0.717, 1.165) is 25.0 Å². The van der Waals surface area contributed by atoms with Crippen molar-refractivity contribution in [3.05, 3.63) is 23.5 Å². The molecule has 0 saturated carbocycles. The molecular weight excluding hydrogens is 238 g/mol. The van der Waals surface area contributed by atoms with Gasteiger partial charge in [0, 0.05) is 31.4 Å². The molecule has 0 amide bonds. The lowest BCUT2D eigenvalue weighted by molar-refractivity contribution is 0.620. The minimum Gasteiger partial charge on any atom is -0.357 e. The van der Waals surface area contributed by atoms with Gasteiger partial charge in [-0.2, -0.15) is 0 Å². The Morgan fingerprint density at radius 3 is 2.84 bits per heavy atom. The molecule has 5 nitrogen and oxygen atoms in total. The van der Waals surface area contributed by atoms with Crippen LogP contribution in [0.2, 0.25) is 0 Å². The molecule has 102 valence electrons. The first-order valence-electron chi connectivity index (χ1n) is 6.87. The van der Waals surface area contributed by atoms with Gasteiger partial charge in [0.05, 0.1) is 17.4 Å². The lowest BCUT2D eigenvalue weighted by Gasteiger charge is -2.19. The number of benzene rings is 1. The predicted octanol–water partition coefficient (Wildman–Crippen LogP) is 1.33. The van der Waals surface area contributed by atoms with Gasteiger partial charge in [0.25, 0.3) is 0 Å². The highest BCUT2D eigenvalue weighted by Gasteiger charge is 2.17. The lowest BCUT2D eigenvalue weighted by atomic mass is 10.0. The highest BCUT2D eigenvalue weighted by Crippen LogP contribution is 2.29. The van der Waals surface area contributed by atoms with E-state index in [1.165, 1.54) is 22.3 Å². The molecule has 1 fully saturated rings. The number of fused-ring (bicyclic) bond motifs is 1. The van der Waals surface area contributed by atoms with Crippen molar-refractivity contribution in [2.24, 2.45) is 7.05 Å². The van der Waals surface area contributed by atoms with Crippen LogP contribution >= 0.6 is 0 Å². The number of hydrogen-bond donors (Lipinski definition) is 3. The number of anilines is 1.